The monoisotopic (exact) mass is 759 g/mol. The first-order valence-corrected chi connectivity index (χ1v) is 20.8. The quantitative estimate of drug-likeness (QED) is 0.174. The van der Waals surface area contributed by atoms with Crippen LogP contribution in [-0.2, 0) is 5.41 Å². The predicted molar refractivity (Wildman–Crippen MR) is 247 cm³/mol. The molecule has 0 fully saturated rings. The smallest absolute Gasteiger partial charge is 0.137 e. The Kier molecular flexibility index (Phi) is 7.18. The van der Waals surface area contributed by atoms with Crippen LogP contribution < -0.4 is 4.90 Å². The summed E-state index contributed by atoms with van der Waals surface area (Å²) in [5.41, 5.74) is 15.1. The highest BCUT2D eigenvalue weighted by molar-refractivity contribution is 7.26. The lowest BCUT2D eigenvalue weighted by Gasteiger charge is -2.30. The maximum absolute atomic E-state index is 6.56. The van der Waals surface area contributed by atoms with Gasteiger partial charge in [-0.25, -0.2) is 0 Å². The molecule has 0 saturated heterocycles. The molecule has 0 unspecified atom stereocenters. The molecule has 0 saturated carbocycles. The fourth-order valence-corrected chi connectivity index (χ4v) is 10.8. The zero-order valence-corrected chi connectivity index (χ0v) is 33.0. The van der Waals surface area contributed by atoms with Gasteiger partial charge in [0.25, 0.3) is 0 Å². The third-order valence-electron chi connectivity index (χ3n) is 12.5. The maximum atomic E-state index is 6.56. The van der Waals surface area contributed by atoms with E-state index in [4.69, 9.17) is 4.42 Å². The largest absolute Gasteiger partial charge is 0.456 e. The van der Waals surface area contributed by atoms with Crippen molar-refractivity contribution in [3.63, 3.8) is 0 Å². The van der Waals surface area contributed by atoms with E-state index < -0.39 is 0 Å². The van der Waals surface area contributed by atoms with E-state index in [0.717, 1.165) is 39.0 Å². The molecule has 0 atom stereocenters. The summed E-state index contributed by atoms with van der Waals surface area (Å²) >= 11 is 1.86. The molecule has 9 aromatic carbocycles. The van der Waals surface area contributed by atoms with Crippen LogP contribution in [0.5, 0.6) is 0 Å². The van der Waals surface area contributed by atoms with Gasteiger partial charge in [-0.1, -0.05) is 147 Å². The molecule has 1 aliphatic rings. The van der Waals surface area contributed by atoms with Crippen LogP contribution in [0.15, 0.2) is 192 Å². The minimum absolute atomic E-state index is 0.149. The van der Waals surface area contributed by atoms with Gasteiger partial charge < -0.3 is 9.32 Å². The maximum Gasteiger partial charge on any atom is 0.137 e. The first-order chi connectivity index (χ1) is 28.5. The van der Waals surface area contributed by atoms with Crippen LogP contribution in [0.3, 0.4) is 0 Å². The SMILES string of the molecule is CC1(C)c2ccccc2-c2ccc(N(c3ccc4c(c3)oc3ccccc34)c3ccc4sc5ccccc5c4c3-c3ccc(-c4cccc5ccccc45)cc3)cc21. The topological polar surface area (TPSA) is 16.4 Å². The van der Waals surface area contributed by atoms with Crippen molar-refractivity contribution in [2.45, 2.75) is 19.3 Å². The Hall–Kier alpha value is -6.94. The van der Waals surface area contributed by atoms with E-state index in [1.54, 1.807) is 0 Å². The number of fused-ring (bicyclic) bond motifs is 10. The number of nitrogens with zero attached hydrogens (tertiary/aromatic N) is 1. The zero-order valence-electron chi connectivity index (χ0n) is 32.2. The van der Waals surface area contributed by atoms with Crippen molar-refractivity contribution in [1.29, 1.82) is 0 Å². The number of anilines is 3. The van der Waals surface area contributed by atoms with Crippen molar-refractivity contribution in [1.82, 2.24) is 0 Å². The van der Waals surface area contributed by atoms with Gasteiger partial charge in [-0.2, -0.15) is 0 Å². The highest BCUT2D eigenvalue weighted by atomic mass is 32.1. The summed E-state index contributed by atoms with van der Waals surface area (Å²) in [5, 5.41) is 7.31. The summed E-state index contributed by atoms with van der Waals surface area (Å²) in [4.78, 5) is 2.46. The number of hydrogen-bond donors (Lipinski definition) is 0. The Bertz CT molecular complexity index is 3430. The number of rotatable bonds is 5. The molecule has 11 aromatic rings. The van der Waals surface area contributed by atoms with Crippen LogP contribution >= 0.6 is 11.3 Å². The van der Waals surface area contributed by atoms with E-state index in [9.17, 15) is 0 Å². The lowest BCUT2D eigenvalue weighted by Crippen LogP contribution is -2.17. The van der Waals surface area contributed by atoms with Crippen molar-refractivity contribution in [3.8, 4) is 33.4 Å². The molecule has 0 spiro atoms. The van der Waals surface area contributed by atoms with E-state index in [1.807, 2.05) is 17.4 Å². The number of thiophene rings is 1. The van der Waals surface area contributed by atoms with Gasteiger partial charge in [0, 0.05) is 59.4 Å². The normalized spacial score (nSPS) is 13.1. The molecular formula is C55H37NOS. The van der Waals surface area contributed by atoms with Gasteiger partial charge in [0.15, 0.2) is 0 Å². The summed E-state index contributed by atoms with van der Waals surface area (Å²) in [6.07, 6.45) is 0. The fourth-order valence-electron chi connectivity index (χ4n) is 9.69. The second-order valence-electron chi connectivity index (χ2n) is 16.0. The summed E-state index contributed by atoms with van der Waals surface area (Å²) in [5.74, 6) is 0. The highest BCUT2D eigenvalue weighted by Gasteiger charge is 2.36. The summed E-state index contributed by atoms with van der Waals surface area (Å²) in [7, 11) is 0. The average Bonchev–Trinajstić information content (AvgIpc) is 3.91. The number of benzene rings is 9. The number of hydrogen-bond acceptors (Lipinski definition) is 3. The zero-order chi connectivity index (χ0) is 38.5. The van der Waals surface area contributed by atoms with E-state index in [-0.39, 0.29) is 5.41 Å². The molecule has 12 rings (SSSR count). The number of furan rings is 1. The molecule has 2 heterocycles. The third-order valence-corrected chi connectivity index (χ3v) is 13.6. The Labute approximate surface area is 340 Å². The molecule has 0 aliphatic heterocycles. The van der Waals surface area contributed by atoms with Gasteiger partial charge in [0.1, 0.15) is 11.2 Å². The van der Waals surface area contributed by atoms with Crippen LogP contribution in [0.25, 0.3) is 86.3 Å². The lowest BCUT2D eigenvalue weighted by atomic mass is 9.82. The summed E-state index contributed by atoms with van der Waals surface area (Å²) < 4.78 is 9.12. The minimum Gasteiger partial charge on any atom is -0.456 e. The van der Waals surface area contributed by atoms with E-state index in [1.165, 1.54) is 75.5 Å². The third kappa shape index (κ3) is 4.90. The Morgan fingerprint density at radius 3 is 2.00 bits per heavy atom. The Morgan fingerprint density at radius 1 is 0.448 bits per heavy atom. The standard InChI is InChI=1S/C55H37NOS/c1-55(2)46-19-8-5-15-41(46)42-28-26-37(32-47(42)55)56(38-27-29-44-43-16-6-9-20-49(43)57-50(44)33-38)48-30-31-52-54(45-17-7-10-21-51(45)58-52)53(48)36-24-22-35(23-25-36)40-18-11-13-34-12-3-4-14-39(34)40/h3-33H,1-2H3. The molecule has 3 heteroatoms. The fraction of sp³-hybridized carbons (Fsp3) is 0.0545. The summed E-state index contributed by atoms with van der Waals surface area (Å²) in [6, 6.07) is 69.0. The average molecular weight is 760 g/mol. The molecule has 2 nitrogen and oxygen atoms in total. The molecule has 1 aliphatic carbocycles. The first-order valence-electron chi connectivity index (χ1n) is 20.0. The molecule has 58 heavy (non-hydrogen) atoms. The van der Waals surface area contributed by atoms with Crippen molar-refractivity contribution in [2.75, 3.05) is 4.90 Å². The Morgan fingerprint density at radius 2 is 1.10 bits per heavy atom. The number of para-hydroxylation sites is 1. The van der Waals surface area contributed by atoms with E-state index >= 15 is 0 Å². The van der Waals surface area contributed by atoms with Crippen molar-refractivity contribution < 1.29 is 4.42 Å². The van der Waals surface area contributed by atoms with Gasteiger partial charge in [0.05, 0.1) is 5.69 Å². The van der Waals surface area contributed by atoms with E-state index in [2.05, 4.69) is 201 Å². The highest BCUT2D eigenvalue weighted by Crippen LogP contribution is 2.53. The predicted octanol–water partition coefficient (Wildman–Crippen LogP) is 16.2. The van der Waals surface area contributed by atoms with Gasteiger partial charge in [-0.3, -0.25) is 0 Å². The molecule has 0 bridgehead atoms. The first kappa shape index (κ1) is 33.2. The molecule has 0 radical (unpaired) electrons. The van der Waals surface area contributed by atoms with Crippen LogP contribution in [0.1, 0.15) is 25.0 Å². The van der Waals surface area contributed by atoms with Crippen LogP contribution in [0.4, 0.5) is 17.1 Å². The van der Waals surface area contributed by atoms with Crippen molar-refractivity contribution in [2.24, 2.45) is 0 Å². The van der Waals surface area contributed by atoms with Crippen molar-refractivity contribution in [3.05, 3.63) is 199 Å². The summed E-state index contributed by atoms with van der Waals surface area (Å²) in [6.45, 7) is 4.72. The lowest BCUT2D eigenvalue weighted by molar-refractivity contribution is 0.660. The molecule has 2 aromatic heterocycles. The second-order valence-corrected chi connectivity index (χ2v) is 17.1. The molecule has 274 valence electrons. The second kappa shape index (κ2) is 12.5. The van der Waals surface area contributed by atoms with E-state index in [0.29, 0.717) is 0 Å². The molecule has 0 amide bonds. The molecule has 0 N–H and O–H groups in total. The van der Waals surface area contributed by atoms with Crippen LogP contribution in [-0.4, -0.2) is 0 Å². The van der Waals surface area contributed by atoms with Gasteiger partial charge >= 0.3 is 0 Å². The van der Waals surface area contributed by atoms with Gasteiger partial charge in [-0.15, -0.1) is 11.3 Å². The van der Waals surface area contributed by atoms with Crippen molar-refractivity contribution >= 4 is 81.3 Å². The van der Waals surface area contributed by atoms with Crippen LogP contribution in [0, 0.1) is 0 Å². The Balaban J connectivity index is 1.13. The molecular weight excluding hydrogens is 723 g/mol. The minimum atomic E-state index is -0.149. The van der Waals surface area contributed by atoms with Gasteiger partial charge in [-0.05, 0) is 98.2 Å². The van der Waals surface area contributed by atoms with Crippen LogP contribution in [0.2, 0.25) is 0 Å². The van der Waals surface area contributed by atoms with Gasteiger partial charge in [0.2, 0.25) is 0 Å².